The van der Waals surface area contributed by atoms with Gasteiger partial charge in [0, 0.05) is 19.6 Å². The molecule has 0 spiro atoms. The maximum Gasteiger partial charge on any atom is 1.00 e. The van der Waals surface area contributed by atoms with Crippen LogP contribution in [-0.2, 0) is 4.79 Å². The molecule has 1 amide bonds. The van der Waals surface area contributed by atoms with Gasteiger partial charge in [-0.1, -0.05) is 19.3 Å². The molecular weight excluding hydrogens is 295 g/mol. The third-order valence-corrected chi connectivity index (χ3v) is 4.07. The van der Waals surface area contributed by atoms with E-state index in [2.05, 4.69) is 0 Å². The van der Waals surface area contributed by atoms with E-state index in [1.54, 1.807) is 4.90 Å². The molecule has 2 fully saturated rings. The van der Waals surface area contributed by atoms with Gasteiger partial charge in [-0.15, -0.1) is 0 Å². The minimum atomic E-state index is -4.83. The van der Waals surface area contributed by atoms with Crippen LogP contribution in [0.4, 0.5) is 12.9 Å². The molecule has 0 N–H and O–H groups in total. The smallest absolute Gasteiger partial charge is 0.448 e. The molecule has 8 heteroatoms. The number of halogens is 3. The molecule has 0 radical (unpaired) electrons. The maximum atomic E-state index is 12.3. The Balaban J connectivity index is 0.00000200. The van der Waals surface area contributed by atoms with Gasteiger partial charge in [-0.05, 0) is 25.2 Å². The van der Waals surface area contributed by atoms with Crippen LogP contribution in [0.1, 0.15) is 32.1 Å². The standard InChI is InChI=1S/C12H21BF3N2O.K/c14-13(15,16)10-17-6-7-18(12(19)9-17)8-11-4-2-1-3-5-11;/h11H,1-10H2;/q-1;+1. The first-order chi connectivity index (χ1) is 8.94. The molecule has 2 rings (SSSR count). The molecule has 3 nitrogen and oxygen atoms in total. The van der Waals surface area contributed by atoms with Crippen LogP contribution in [0.3, 0.4) is 0 Å². The number of nitrogens with zero attached hydrogens (tertiary/aromatic N) is 2. The van der Waals surface area contributed by atoms with Crippen molar-refractivity contribution in [3.63, 3.8) is 0 Å². The number of rotatable bonds is 4. The summed E-state index contributed by atoms with van der Waals surface area (Å²) in [6, 6.07) is 0. The summed E-state index contributed by atoms with van der Waals surface area (Å²) < 4.78 is 37.0. The number of piperazine rings is 1. The quantitative estimate of drug-likeness (QED) is 0.628. The first-order valence-corrected chi connectivity index (χ1v) is 7.15. The number of carbonyl (C=O) groups is 1. The van der Waals surface area contributed by atoms with Crippen molar-refractivity contribution in [3.05, 3.63) is 0 Å². The molecule has 110 valence electrons. The monoisotopic (exact) mass is 316 g/mol. The first-order valence-electron chi connectivity index (χ1n) is 7.15. The summed E-state index contributed by atoms with van der Waals surface area (Å²) in [5.74, 6) is 0.410. The van der Waals surface area contributed by atoms with E-state index in [0.717, 1.165) is 19.4 Å². The van der Waals surface area contributed by atoms with Crippen molar-refractivity contribution in [1.82, 2.24) is 9.80 Å². The van der Waals surface area contributed by atoms with Gasteiger partial charge in [0.1, 0.15) is 0 Å². The Morgan fingerprint density at radius 1 is 1.10 bits per heavy atom. The van der Waals surface area contributed by atoms with Gasteiger partial charge in [0.2, 0.25) is 5.91 Å². The van der Waals surface area contributed by atoms with Crippen LogP contribution < -0.4 is 51.4 Å². The molecule has 0 atom stereocenters. The second-order valence-electron chi connectivity index (χ2n) is 5.79. The molecule has 0 unspecified atom stereocenters. The molecule has 2 aliphatic rings. The van der Waals surface area contributed by atoms with Gasteiger partial charge in [0.05, 0.1) is 6.54 Å². The Hall–Kier alpha value is 0.921. The van der Waals surface area contributed by atoms with Crippen LogP contribution in [0.2, 0.25) is 0 Å². The summed E-state index contributed by atoms with van der Waals surface area (Å²) in [6.45, 7) is -3.37. The van der Waals surface area contributed by atoms with E-state index in [-0.39, 0.29) is 63.8 Å². The maximum absolute atomic E-state index is 12.3. The van der Waals surface area contributed by atoms with E-state index in [4.69, 9.17) is 0 Å². The van der Waals surface area contributed by atoms with Crippen molar-refractivity contribution in [3.8, 4) is 0 Å². The molecule has 1 aliphatic heterocycles. The normalized spacial score (nSPS) is 22.8. The van der Waals surface area contributed by atoms with Gasteiger partial charge in [-0.25, -0.2) is 0 Å². The summed E-state index contributed by atoms with van der Waals surface area (Å²) in [7, 11) is 0. The minimum Gasteiger partial charge on any atom is -0.448 e. The van der Waals surface area contributed by atoms with Crippen molar-refractivity contribution >= 4 is 12.9 Å². The van der Waals surface area contributed by atoms with Crippen LogP contribution in [0.15, 0.2) is 0 Å². The molecule has 1 aliphatic carbocycles. The van der Waals surface area contributed by atoms with Crippen LogP contribution >= 0.6 is 0 Å². The fourth-order valence-corrected chi connectivity index (χ4v) is 3.08. The molecule has 1 saturated heterocycles. The van der Waals surface area contributed by atoms with E-state index >= 15 is 0 Å². The first kappa shape index (κ1) is 19.0. The van der Waals surface area contributed by atoms with E-state index in [1.807, 2.05) is 0 Å². The Morgan fingerprint density at radius 3 is 2.30 bits per heavy atom. The molecule has 0 aromatic heterocycles. The zero-order chi connectivity index (χ0) is 13.9. The number of hydrogen-bond acceptors (Lipinski definition) is 2. The molecule has 0 bridgehead atoms. The van der Waals surface area contributed by atoms with Gasteiger partial charge < -0.3 is 22.7 Å². The van der Waals surface area contributed by atoms with E-state index < -0.39 is 13.4 Å². The molecular formula is C12H21BF3KN2O. The van der Waals surface area contributed by atoms with Crippen molar-refractivity contribution in [2.24, 2.45) is 5.92 Å². The Morgan fingerprint density at radius 2 is 1.75 bits per heavy atom. The van der Waals surface area contributed by atoms with Gasteiger partial charge in [-0.2, -0.15) is 0 Å². The fraction of sp³-hybridized carbons (Fsp3) is 0.917. The summed E-state index contributed by atoms with van der Waals surface area (Å²) in [5, 5.41) is 0. The predicted molar refractivity (Wildman–Crippen MR) is 68.7 cm³/mol. The third-order valence-electron chi connectivity index (χ3n) is 4.07. The summed E-state index contributed by atoms with van der Waals surface area (Å²) in [5.41, 5.74) is 0. The number of carbonyl (C=O) groups excluding carboxylic acids is 1. The van der Waals surface area contributed by atoms with Crippen molar-refractivity contribution in [1.29, 1.82) is 0 Å². The van der Waals surface area contributed by atoms with Crippen LogP contribution in [0.25, 0.3) is 0 Å². The van der Waals surface area contributed by atoms with E-state index in [1.165, 1.54) is 24.2 Å². The SMILES string of the molecule is O=C1CN(C[B-](F)(F)F)CCN1CC1CCCCC1.[K+]. The van der Waals surface area contributed by atoms with Crippen LogP contribution in [0, 0.1) is 5.92 Å². The van der Waals surface area contributed by atoms with Crippen molar-refractivity contribution in [2.45, 2.75) is 32.1 Å². The zero-order valence-corrected chi connectivity index (χ0v) is 15.3. The zero-order valence-electron chi connectivity index (χ0n) is 12.2. The number of amides is 1. The molecule has 0 aromatic carbocycles. The van der Waals surface area contributed by atoms with Gasteiger partial charge >= 0.3 is 58.4 Å². The molecule has 1 saturated carbocycles. The summed E-state index contributed by atoms with van der Waals surface area (Å²) in [4.78, 5) is 14.9. The molecule has 0 aromatic rings. The average Bonchev–Trinajstić information content (AvgIpc) is 2.32. The summed E-state index contributed by atoms with van der Waals surface area (Å²) in [6.07, 6.45) is 5.10. The summed E-state index contributed by atoms with van der Waals surface area (Å²) >= 11 is 0. The largest absolute Gasteiger partial charge is 1.00 e. The van der Waals surface area contributed by atoms with Gasteiger partial charge in [0.15, 0.2) is 0 Å². The second-order valence-corrected chi connectivity index (χ2v) is 5.79. The Bertz CT molecular complexity index is 324. The van der Waals surface area contributed by atoms with E-state index in [0.29, 0.717) is 19.0 Å². The predicted octanol–water partition coefficient (Wildman–Crippen LogP) is -0.898. The molecule has 20 heavy (non-hydrogen) atoms. The van der Waals surface area contributed by atoms with Crippen LogP contribution in [-0.4, -0.2) is 55.3 Å². The van der Waals surface area contributed by atoms with Gasteiger partial charge in [-0.3, -0.25) is 4.79 Å². The van der Waals surface area contributed by atoms with Crippen molar-refractivity contribution < 1.29 is 69.1 Å². The third kappa shape index (κ3) is 6.36. The van der Waals surface area contributed by atoms with Crippen molar-refractivity contribution in [2.75, 3.05) is 32.6 Å². The minimum absolute atomic E-state index is 0. The molecule has 1 heterocycles. The fourth-order valence-electron chi connectivity index (χ4n) is 3.08. The Kier molecular flexibility index (Phi) is 8.09. The van der Waals surface area contributed by atoms with E-state index in [9.17, 15) is 17.7 Å². The number of hydrogen-bond donors (Lipinski definition) is 0. The van der Waals surface area contributed by atoms with Gasteiger partial charge in [0.25, 0.3) is 0 Å². The topological polar surface area (TPSA) is 23.6 Å². The van der Waals surface area contributed by atoms with Crippen LogP contribution in [0.5, 0.6) is 0 Å². The second kappa shape index (κ2) is 8.53. The Labute approximate surface area is 161 Å². The average molecular weight is 316 g/mol.